The van der Waals surface area contributed by atoms with Crippen molar-refractivity contribution in [2.75, 3.05) is 26.2 Å². The van der Waals surface area contributed by atoms with Crippen LogP contribution in [0.3, 0.4) is 0 Å². The third kappa shape index (κ3) is 2.02. The number of rotatable bonds is 1. The lowest BCUT2D eigenvalue weighted by Crippen LogP contribution is -2.49. The summed E-state index contributed by atoms with van der Waals surface area (Å²) in [5.74, 6) is 0. The fourth-order valence-electron chi connectivity index (χ4n) is 2.27. The van der Waals surface area contributed by atoms with Gasteiger partial charge in [-0.15, -0.1) is 0 Å². The Morgan fingerprint density at radius 1 is 1.23 bits per heavy atom. The number of aliphatic hydroxyl groups is 1. The Kier molecular flexibility index (Phi) is 2.83. The molecule has 0 unspecified atom stereocenters. The number of hydrogen-bond donors (Lipinski definition) is 3. The lowest BCUT2D eigenvalue weighted by Gasteiger charge is -2.35. The summed E-state index contributed by atoms with van der Waals surface area (Å²) in [5, 5.41) is 12.9. The minimum atomic E-state index is -0.186. The van der Waals surface area contributed by atoms with Crippen LogP contribution in [0.15, 0.2) is 0 Å². The minimum Gasteiger partial charge on any atom is -0.390 e. The van der Waals surface area contributed by atoms with Crippen LogP contribution < -0.4 is 11.1 Å². The lowest BCUT2D eigenvalue weighted by molar-refractivity contribution is 0.0669. The Morgan fingerprint density at radius 2 is 1.92 bits per heavy atom. The number of β-amino-alcohol motifs (C(OH)–C–C–N with tert-alkyl or cyclic N) is 1. The zero-order valence-corrected chi connectivity index (χ0v) is 7.95. The van der Waals surface area contributed by atoms with Crippen LogP contribution in [0.4, 0.5) is 0 Å². The van der Waals surface area contributed by atoms with E-state index in [0.29, 0.717) is 12.1 Å². The predicted molar refractivity (Wildman–Crippen MR) is 51.4 cm³/mol. The van der Waals surface area contributed by atoms with Crippen LogP contribution in [0.2, 0.25) is 0 Å². The first-order chi connectivity index (χ1) is 6.27. The third-order valence-electron chi connectivity index (χ3n) is 3.19. The molecule has 0 aromatic carbocycles. The number of hydrogen-bond acceptors (Lipinski definition) is 4. The van der Waals surface area contributed by atoms with Gasteiger partial charge in [0.25, 0.3) is 0 Å². The molecule has 0 saturated carbocycles. The molecule has 2 fully saturated rings. The number of piperidine rings is 1. The standard InChI is InChI=1S/C9H19N3O/c10-7-1-3-12(4-2-7)8-5-11-6-9(8)13/h7-9,11,13H,1-6,10H2/t8-,9-/m1/s1. The molecule has 0 aliphatic carbocycles. The highest BCUT2D eigenvalue weighted by atomic mass is 16.3. The van der Waals surface area contributed by atoms with Crippen molar-refractivity contribution in [2.45, 2.75) is 31.0 Å². The van der Waals surface area contributed by atoms with Crippen molar-refractivity contribution in [1.82, 2.24) is 10.2 Å². The van der Waals surface area contributed by atoms with Crippen molar-refractivity contribution in [3.05, 3.63) is 0 Å². The molecule has 0 aromatic heterocycles. The highest BCUT2D eigenvalue weighted by Gasteiger charge is 2.31. The van der Waals surface area contributed by atoms with Crippen LogP contribution in [0.5, 0.6) is 0 Å². The van der Waals surface area contributed by atoms with E-state index in [0.717, 1.165) is 39.0 Å². The zero-order chi connectivity index (χ0) is 9.26. The molecule has 0 amide bonds. The largest absolute Gasteiger partial charge is 0.390 e. The molecule has 0 spiro atoms. The van der Waals surface area contributed by atoms with Crippen LogP contribution in [-0.2, 0) is 0 Å². The average molecular weight is 185 g/mol. The summed E-state index contributed by atoms with van der Waals surface area (Å²) >= 11 is 0. The lowest BCUT2D eigenvalue weighted by atomic mass is 10.0. The number of nitrogens with two attached hydrogens (primary N) is 1. The summed E-state index contributed by atoms with van der Waals surface area (Å²) < 4.78 is 0. The maximum absolute atomic E-state index is 9.67. The molecule has 4 heteroatoms. The van der Waals surface area contributed by atoms with Gasteiger partial charge in [0.1, 0.15) is 0 Å². The number of nitrogens with one attached hydrogen (secondary N) is 1. The molecule has 2 atom stereocenters. The average Bonchev–Trinajstić information content (AvgIpc) is 2.53. The topological polar surface area (TPSA) is 61.5 Å². The second-order valence-electron chi connectivity index (χ2n) is 4.17. The summed E-state index contributed by atoms with van der Waals surface area (Å²) in [5.41, 5.74) is 5.83. The quantitative estimate of drug-likeness (QED) is 0.477. The van der Waals surface area contributed by atoms with Crippen molar-refractivity contribution in [3.63, 3.8) is 0 Å². The van der Waals surface area contributed by atoms with Gasteiger partial charge in [0.15, 0.2) is 0 Å². The summed E-state index contributed by atoms with van der Waals surface area (Å²) in [7, 11) is 0. The second-order valence-corrected chi connectivity index (χ2v) is 4.17. The summed E-state index contributed by atoms with van der Waals surface area (Å²) in [6.07, 6.45) is 1.96. The smallest absolute Gasteiger partial charge is 0.0831 e. The van der Waals surface area contributed by atoms with E-state index in [1.165, 1.54) is 0 Å². The number of nitrogens with zero attached hydrogens (tertiary/aromatic N) is 1. The monoisotopic (exact) mass is 185 g/mol. The van der Waals surface area contributed by atoms with Crippen molar-refractivity contribution in [3.8, 4) is 0 Å². The molecule has 76 valence electrons. The van der Waals surface area contributed by atoms with E-state index in [4.69, 9.17) is 5.73 Å². The van der Waals surface area contributed by atoms with E-state index in [-0.39, 0.29) is 6.10 Å². The van der Waals surface area contributed by atoms with Gasteiger partial charge < -0.3 is 16.2 Å². The Hall–Kier alpha value is -0.160. The summed E-state index contributed by atoms with van der Waals surface area (Å²) in [4.78, 5) is 2.37. The SMILES string of the molecule is NC1CCN([C@@H]2CNC[C@H]2O)CC1. The number of aliphatic hydroxyl groups excluding tert-OH is 1. The molecule has 2 heterocycles. The zero-order valence-electron chi connectivity index (χ0n) is 7.95. The fraction of sp³-hybridized carbons (Fsp3) is 1.00. The first kappa shape index (κ1) is 9.40. The Bertz CT molecular complexity index is 168. The molecule has 2 rings (SSSR count). The van der Waals surface area contributed by atoms with Crippen LogP contribution in [0, 0.1) is 0 Å². The maximum Gasteiger partial charge on any atom is 0.0831 e. The van der Waals surface area contributed by atoms with Gasteiger partial charge in [0.2, 0.25) is 0 Å². The van der Waals surface area contributed by atoms with E-state index in [1.54, 1.807) is 0 Å². The van der Waals surface area contributed by atoms with Crippen molar-refractivity contribution in [1.29, 1.82) is 0 Å². The maximum atomic E-state index is 9.67. The molecule has 0 radical (unpaired) electrons. The Balaban J connectivity index is 1.86. The molecule has 0 aromatic rings. The van der Waals surface area contributed by atoms with Gasteiger partial charge in [-0.25, -0.2) is 0 Å². The molecule has 4 nitrogen and oxygen atoms in total. The molecule has 13 heavy (non-hydrogen) atoms. The molecule has 2 aliphatic rings. The van der Waals surface area contributed by atoms with Gasteiger partial charge in [0.05, 0.1) is 6.10 Å². The van der Waals surface area contributed by atoms with Gasteiger partial charge in [-0.1, -0.05) is 0 Å². The van der Waals surface area contributed by atoms with E-state index in [1.807, 2.05) is 0 Å². The fourth-order valence-corrected chi connectivity index (χ4v) is 2.27. The van der Waals surface area contributed by atoms with Crippen LogP contribution in [-0.4, -0.2) is 54.4 Å². The van der Waals surface area contributed by atoms with Crippen LogP contribution in [0.25, 0.3) is 0 Å². The third-order valence-corrected chi connectivity index (χ3v) is 3.19. The summed E-state index contributed by atoms with van der Waals surface area (Å²) in [6.45, 7) is 3.76. The highest BCUT2D eigenvalue weighted by Crippen LogP contribution is 2.15. The predicted octanol–water partition coefficient (Wildman–Crippen LogP) is -1.26. The van der Waals surface area contributed by atoms with Gasteiger partial charge in [-0.2, -0.15) is 0 Å². The number of likely N-dealkylation sites (tertiary alicyclic amines) is 1. The Morgan fingerprint density at radius 3 is 2.46 bits per heavy atom. The normalized spacial score (nSPS) is 38.3. The molecular formula is C9H19N3O. The molecule has 0 bridgehead atoms. The van der Waals surface area contributed by atoms with E-state index < -0.39 is 0 Å². The molecule has 4 N–H and O–H groups in total. The van der Waals surface area contributed by atoms with Crippen molar-refractivity contribution < 1.29 is 5.11 Å². The first-order valence-electron chi connectivity index (χ1n) is 5.16. The van der Waals surface area contributed by atoms with Crippen molar-refractivity contribution in [2.24, 2.45) is 5.73 Å². The Labute approximate surface area is 79.1 Å². The molecular weight excluding hydrogens is 166 g/mol. The molecule has 2 saturated heterocycles. The molecule has 2 aliphatic heterocycles. The summed E-state index contributed by atoms with van der Waals surface area (Å²) in [6, 6.07) is 0.704. The van der Waals surface area contributed by atoms with Gasteiger partial charge >= 0.3 is 0 Å². The van der Waals surface area contributed by atoms with Crippen molar-refractivity contribution >= 4 is 0 Å². The minimum absolute atomic E-state index is 0.186. The van der Waals surface area contributed by atoms with Crippen LogP contribution >= 0.6 is 0 Å². The second kappa shape index (κ2) is 3.92. The van der Waals surface area contributed by atoms with Gasteiger partial charge in [-0.05, 0) is 12.8 Å². The van der Waals surface area contributed by atoms with Gasteiger partial charge in [0, 0.05) is 38.3 Å². The highest BCUT2D eigenvalue weighted by molar-refractivity contribution is 4.90. The van der Waals surface area contributed by atoms with E-state index in [9.17, 15) is 5.11 Å². The van der Waals surface area contributed by atoms with Gasteiger partial charge in [-0.3, -0.25) is 4.90 Å². The van der Waals surface area contributed by atoms with Crippen LogP contribution in [0.1, 0.15) is 12.8 Å². The van der Waals surface area contributed by atoms with E-state index in [2.05, 4.69) is 10.2 Å². The van der Waals surface area contributed by atoms with E-state index >= 15 is 0 Å². The first-order valence-corrected chi connectivity index (χ1v) is 5.16.